The molecule has 1 unspecified atom stereocenters. The molecule has 0 saturated heterocycles. The number of hydrogen-bond acceptors (Lipinski definition) is 3. The maximum absolute atomic E-state index is 12.6. The lowest BCUT2D eigenvalue weighted by Crippen LogP contribution is -2.32. The Kier molecular flexibility index (Phi) is 4.95. The third kappa shape index (κ3) is 3.94. The summed E-state index contributed by atoms with van der Waals surface area (Å²) in [4.78, 5) is 26.1. The molecule has 0 aromatic heterocycles. The summed E-state index contributed by atoms with van der Waals surface area (Å²) < 4.78 is 5.66. The fourth-order valence-electron chi connectivity index (χ4n) is 2.76. The van der Waals surface area contributed by atoms with Crippen LogP contribution in [0.5, 0.6) is 5.75 Å². The third-order valence-electron chi connectivity index (χ3n) is 4.08. The molecule has 1 atom stereocenters. The van der Waals surface area contributed by atoms with Crippen LogP contribution >= 0.6 is 11.6 Å². The first-order valence-corrected chi connectivity index (χ1v) is 8.35. The molecule has 1 aliphatic rings. The largest absolute Gasteiger partial charge is 0.492 e. The number of hydrogen-bond donors (Lipinski definition) is 1. The van der Waals surface area contributed by atoms with Gasteiger partial charge in [0.2, 0.25) is 5.91 Å². The molecule has 0 bridgehead atoms. The second kappa shape index (κ2) is 7.15. The Bertz CT molecular complexity index is 820. The molecule has 0 aliphatic carbocycles. The zero-order valence-corrected chi connectivity index (χ0v) is 14.8. The van der Waals surface area contributed by atoms with Crippen LogP contribution in [-0.2, 0) is 11.2 Å². The molecule has 2 aromatic carbocycles. The van der Waals surface area contributed by atoms with Crippen LogP contribution in [0.3, 0.4) is 0 Å². The quantitative estimate of drug-likeness (QED) is 0.916. The van der Waals surface area contributed by atoms with Gasteiger partial charge in [0.15, 0.2) is 0 Å². The van der Waals surface area contributed by atoms with E-state index in [0.717, 1.165) is 11.3 Å². The van der Waals surface area contributed by atoms with Crippen LogP contribution in [0.25, 0.3) is 0 Å². The first kappa shape index (κ1) is 17.3. The highest BCUT2D eigenvalue weighted by Crippen LogP contribution is 2.30. The summed E-state index contributed by atoms with van der Waals surface area (Å²) in [6.07, 6.45) is 0.568. The molecule has 25 heavy (non-hydrogen) atoms. The van der Waals surface area contributed by atoms with E-state index in [2.05, 4.69) is 5.32 Å². The molecule has 2 amide bonds. The number of anilines is 1. The molecule has 0 spiro atoms. The van der Waals surface area contributed by atoms with Crippen LogP contribution in [0.4, 0.5) is 5.69 Å². The monoisotopic (exact) mass is 358 g/mol. The molecule has 5 nitrogen and oxygen atoms in total. The van der Waals surface area contributed by atoms with Gasteiger partial charge in [-0.3, -0.25) is 9.59 Å². The fourth-order valence-corrected chi connectivity index (χ4v) is 2.96. The van der Waals surface area contributed by atoms with Crippen LogP contribution < -0.4 is 10.1 Å². The zero-order valence-electron chi connectivity index (χ0n) is 14.1. The van der Waals surface area contributed by atoms with Crippen molar-refractivity contribution in [1.29, 1.82) is 0 Å². The lowest BCUT2D eigenvalue weighted by molar-refractivity contribution is -0.121. The summed E-state index contributed by atoms with van der Waals surface area (Å²) in [6.45, 7) is 0.316. The predicted molar refractivity (Wildman–Crippen MR) is 97.2 cm³/mol. The Hall–Kier alpha value is -2.53. The van der Waals surface area contributed by atoms with Crippen LogP contribution in [0.1, 0.15) is 15.9 Å². The maximum atomic E-state index is 12.6. The molecular weight excluding hydrogens is 340 g/mol. The highest BCUT2D eigenvalue weighted by atomic mass is 35.5. The van der Waals surface area contributed by atoms with E-state index < -0.39 is 0 Å². The standard InChI is InChI=1S/C19H19ClN2O3/c1-22(2)19(24)12-4-3-5-16(10-12)21-18(23)14-8-13-9-15(20)6-7-17(13)25-11-14/h3-7,9-10,14H,8,11H2,1-2H3,(H,21,23). The van der Waals surface area contributed by atoms with E-state index in [-0.39, 0.29) is 17.7 Å². The predicted octanol–water partition coefficient (Wildman–Crippen LogP) is 3.23. The number of nitrogens with zero attached hydrogens (tertiary/aromatic N) is 1. The van der Waals surface area contributed by atoms with Crippen LogP contribution in [0.2, 0.25) is 5.02 Å². The number of rotatable bonds is 3. The second-order valence-corrected chi connectivity index (χ2v) is 6.67. The van der Waals surface area contributed by atoms with Gasteiger partial charge in [-0.1, -0.05) is 17.7 Å². The number of amides is 2. The molecule has 130 valence electrons. The topological polar surface area (TPSA) is 58.6 Å². The molecular formula is C19H19ClN2O3. The number of ether oxygens (including phenoxy) is 1. The molecule has 0 radical (unpaired) electrons. The van der Waals surface area contributed by atoms with E-state index >= 15 is 0 Å². The number of carbonyl (C=O) groups excluding carboxylic acids is 2. The van der Waals surface area contributed by atoms with Crippen molar-refractivity contribution < 1.29 is 14.3 Å². The average Bonchev–Trinajstić information content (AvgIpc) is 2.60. The smallest absolute Gasteiger partial charge is 0.253 e. The first-order chi connectivity index (χ1) is 11.9. The summed E-state index contributed by atoms with van der Waals surface area (Å²) in [5.74, 6) is 0.215. The summed E-state index contributed by atoms with van der Waals surface area (Å²) >= 11 is 6.01. The maximum Gasteiger partial charge on any atom is 0.253 e. The molecule has 1 N–H and O–H groups in total. The Morgan fingerprint density at radius 1 is 1.20 bits per heavy atom. The third-order valence-corrected chi connectivity index (χ3v) is 4.32. The first-order valence-electron chi connectivity index (χ1n) is 7.98. The molecule has 1 aliphatic heterocycles. The van der Waals surface area contributed by atoms with E-state index in [1.807, 2.05) is 12.1 Å². The van der Waals surface area contributed by atoms with Crippen molar-refractivity contribution >= 4 is 29.1 Å². The van der Waals surface area contributed by atoms with Gasteiger partial charge in [0.1, 0.15) is 12.4 Å². The van der Waals surface area contributed by atoms with Crippen molar-refractivity contribution in [2.75, 3.05) is 26.0 Å². The highest BCUT2D eigenvalue weighted by molar-refractivity contribution is 6.30. The van der Waals surface area contributed by atoms with E-state index in [1.54, 1.807) is 44.4 Å². The lowest BCUT2D eigenvalue weighted by atomic mass is 9.96. The Balaban J connectivity index is 1.71. The van der Waals surface area contributed by atoms with Gasteiger partial charge in [-0.05, 0) is 48.4 Å². The van der Waals surface area contributed by atoms with E-state index in [1.165, 1.54) is 4.90 Å². The molecule has 6 heteroatoms. The summed E-state index contributed by atoms with van der Waals surface area (Å²) in [7, 11) is 3.38. The average molecular weight is 359 g/mol. The van der Waals surface area contributed by atoms with Crippen molar-refractivity contribution in [2.24, 2.45) is 5.92 Å². The number of nitrogens with one attached hydrogen (secondary N) is 1. The van der Waals surface area contributed by atoms with Crippen LogP contribution in [0, 0.1) is 5.92 Å². The van der Waals surface area contributed by atoms with Crippen molar-refractivity contribution in [2.45, 2.75) is 6.42 Å². The lowest BCUT2D eigenvalue weighted by Gasteiger charge is -2.24. The van der Waals surface area contributed by atoms with Gasteiger partial charge in [-0.15, -0.1) is 0 Å². The Morgan fingerprint density at radius 3 is 2.76 bits per heavy atom. The van der Waals surface area contributed by atoms with Gasteiger partial charge in [0, 0.05) is 30.4 Å². The Morgan fingerprint density at radius 2 is 2.00 bits per heavy atom. The van der Waals surface area contributed by atoms with Crippen LogP contribution in [-0.4, -0.2) is 37.4 Å². The van der Waals surface area contributed by atoms with Crippen molar-refractivity contribution in [3.63, 3.8) is 0 Å². The van der Waals surface area contributed by atoms with Crippen molar-refractivity contribution in [3.8, 4) is 5.75 Å². The second-order valence-electron chi connectivity index (χ2n) is 6.23. The number of halogens is 1. The molecule has 2 aromatic rings. The summed E-state index contributed by atoms with van der Waals surface area (Å²) in [5.41, 5.74) is 2.05. The zero-order chi connectivity index (χ0) is 18.0. The van der Waals surface area contributed by atoms with Crippen molar-refractivity contribution in [3.05, 3.63) is 58.6 Å². The fraction of sp³-hybridized carbons (Fsp3) is 0.263. The van der Waals surface area contributed by atoms with E-state index in [4.69, 9.17) is 16.3 Å². The normalized spacial score (nSPS) is 15.7. The minimum Gasteiger partial charge on any atom is -0.492 e. The molecule has 1 heterocycles. The van der Waals surface area contributed by atoms with E-state index in [9.17, 15) is 9.59 Å². The summed E-state index contributed by atoms with van der Waals surface area (Å²) in [6, 6.07) is 12.3. The molecule has 3 rings (SSSR count). The van der Waals surface area contributed by atoms with Gasteiger partial charge >= 0.3 is 0 Å². The van der Waals surface area contributed by atoms with Gasteiger partial charge in [-0.2, -0.15) is 0 Å². The summed E-state index contributed by atoms with van der Waals surface area (Å²) in [5, 5.41) is 3.49. The molecule has 0 fully saturated rings. The van der Waals surface area contributed by atoms with Gasteiger partial charge in [-0.25, -0.2) is 0 Å². The Labute approximate surface area is 151 Å². The van der Waals surface area contributed by atoms with Gasteiger partial charge in [0.25, 0.3) is 5.91 Å². The van der Waals surface area contributed by atoms with Crippen LogP contribution in [0.15, 0.2) is 42.5 Å². The number of carbonyl (C=O) groups is 2. The van der Waals surface area contributed by atoms with Crippen molar-refractivity contribution in [1.82, 2.24) is 4.90 Å². The minimum atomic E-state index is -0.306. The highest BCUT2D eigenvalue weighted by Gasteiger charge is 2.26. The van der Waals surface area contributed by atoms with Gasteiger partial charge in [0.05, 0.1) is 5.92 Å². The molecule has 0 saturated carbocycles. The number of fused-ring (bicyclic) bond motifs is 1. The minimum absolute atomic E-state index is 0.110. The SMILES string of the molecule is CN(C)C(=O)c1cccc(NC(=O)C2COc3ccc(Cl)cc3C2)c1. The number of benzene rings is 2. The van der Waals surface area contributed by atoms with E-state index in [0.29, 0.717) is 29.3 Å². The van der Waals surface area contributed by atoms with Gasteiger partial charge < -0.3 is 15.0 Å².